The van der Waals surface area contributed by atoms with E-state index in [1.807, 2.05) is 78.9 Å². The Morgan fingerprint density at radius 3 is 2.43 bits per heavy atom. The molecule has 6 aromatic rings. The quantitative estimate of drug-likeness (QED) is 0.0399. The molecule has 0 aromatic heterocycles. The first-order valence-corrected chi connectivity index (χ1v) is 19.1. The van der Waals surface area contributed by atoms with Gasteiger partial charge in [0.15, 0.2) is 5.75 Å². The maximum Gasteiger partial charge on any atom is 0.259 e. The summed E-state index contributed by atoms with van der Waals surface area (Å²) in [6.07, 6.45) is 7.09. The van der Waals surface area contributed by atoms with Crippen LogP contribution in [0.4, 0.5) is 22.7 Å². The number of anilines is 2. The molecule has 56 heavy (non-hydrogen) atoms. The highest BCUT2D eigenvalue weighted by atomic mass is 16.6. The van der Waals surface area contributed by atoms with Crippen LogP contribution in [0.5, 0.6) is 11.5 Å². The Hall–Kier alpha value is -6.30. The van der Waals surface area contributed by atoms with Crippen LogP contribution in [-0.4, -0.2) is 43.2 Å². The number of phenols is 1. The minimum atomic E-state index is -0.542. The molecule has 1 aliphatic carbocycles. The predicted molar refractivity (Wildman–Crippen MR) is 223 cm³/mol. The second-order valence-corrected chi connectivity index (χ2v) is 13.9. The Labute approximate surface area is 327 Å². The van der Waals surface area contributed by atoms with Gasteiger partial charge >= 0.3 is 0 Å². The molecule has 2 amide bonds. The van der Waals surface area contributed by atoms with Crippen LogP contribution < -0.4 is 26.2 Å². The molecule has 1 fully saturated rings. The Balaban J connectivity index is 0.00000549. The van der Waals surface area contributed by atoms with E-state index in [2.05, 4.69) is 31.7 Å². The highest BCUT2D eigenvalue weighted by Gasteiger charge is 2.21. The summed E-state index contributed by atoms with van der Waals surface area (Å²) in [7, 11) is 1.53. The average Bonchev–Trinajstić information content (AvgIpc) is 3.23. The number of aromatic hydroxyl groups is 1. The summed E-state index contributed by atoms with van der Waals surface area (Å²) in [6, 6.07) is 35.5. The fourth-order valence-corrected chi connectivity index (χ4v) is 7.04. The zero-order valence-electron chi connectivity index (χ0n) is 31.4. The maximum atomic E-state index is 14.0. The van der Waals surface area contributed by atoms with Crippen molar-refractivity contribution >= 4 is 56.1 Å². The number of hydrogen-bond acceptors (Lipinski definition) is 9. The van der Waals surface area contributed by atoms with Crippen LogP contribution in [0.15, 0.2) is 125 Å². The van der Waals surface area contributed by atoms with Crippen molar-refractivity contribution in [3.63, 3.8) is 0 Å². The fourth-order valence-electron chi connectivity index (χ4n) is 7.04. The smallest absolute Gasteiger partial charge is 0.259 e. The molecule has 0 unspecified atom stereocenters. The highest BCUT2D eigenvalue weighted by molar-refractivity contribution is 6.14. The first kappa shape index (κ1) is 38.0. The van der Waals surface area contributed by atoms with Gasteiger partial charge in [-0.05, 0) is 90.7 Å². The van der Waals surface area contributed by atoms with Gasteiger partial charge in [0.05, 0.1) is 25.0 Å². The number of nitrogens with zero attached hydrogens (tertiary/aromatic N) is 2. The zero-order chi connectivity index (χ0) is 38.7. The summed E-state index contributed by atoms with van der Waals surface area (Å²) < 4.78 is 5.58. The molecule has 0 heterocycles. The van der Waals surface area contributed by atoms with E-state index in [9.17, 15) is 14.7 Å². The number of rotatable bonds is 15. The number of benzene rings is 6. The van der Waals surface area contributed by atoms with Crippen LogP contribution >= 0.6 is 0 Å². The molecule has 1 aliphatic rings. The van der Waals surface area contributed by atoms with Crippen molar-refractivity contribution in [1.82, 2.24) is 10.6 Å². The third kappa shape index (κ3) is 9.31. The molecule has 0 aliphatic heterocycles. The monoisotopic (exact) mass is 752 g/mol. The van der Waals surface area contributed by atoms with Gasteiger partial charge in [-0.15, -0.1) is 10.2 Å². The van der Waals surface area contributed by atoms with Gasteiger partial charge in [-0.2, -0.15) is 0 Å². The number of phenolic OH excluding ortho intramolecular Hbond substituents is 1. The number of nitrogens with one attached hydrogen (secondary N) is 4. The van der Waals surface area contributed by atoms with E-state index in [1.54, 1.807) is 36.4 Å². The van der Waals surface area contributed by atoms with Crippen LogP contribution in [0.2, 0.25) is 0 Å². The molecule has 0 bridgehead atoms. The lowest BCUT2D eigenvalue weighted by Crippen LogP contribution is -2.34. The van der Waals surface area contributed by atoms with E-state index in [0.717, 1.165) is 35.0 Å². The van der Waals surface area contributed by atoms with E-state index >= 15 is 0 Å². The molecule has 7 rings (SSSR count). The number of amides is 2. The molecule has 5 N–H and O–H groups in total. The van der Waals surface area contributed by atoms with Gasteiger partial charge in [0.2, 0.25) is 0 Å². The first-order chi connectivity index (χ1) is 27.5. The average molecular weight is 753 g/mol. The number of para-hydroxylation sites is 1. The van der Waals surface area contributed by atoms with Crippen LogP contribution in [-0.2, 0) is 11.4 Å². The normalized spacial score (nSPS) is 13.2. The molecule has 11 heteroatoms. The summed E-state index contributed by atoms with van der Waals surface area (Å²) in [5, 5.41) is 33.2. The van der Waals surface area contributed by atoms with Crippen molar-refractivity contribution in [2.45, 2.75) is 51.2 Å². The third-order valence-corrected chi connectivity index (χ3v) is 10.0. The van der Waals surface area contributed by atoms with Crippen molar-refractivity contribution in [1.29, 1.82) is 0 Å². The standard InChI is InChI=1S/C45H46N6O5.H2/c1-55-41-23-20-30(29-56-51-35-16-6-3-7-17-35)26-40(41)49-50-42-37-22-21-32(44(53)47-25-11-24-46-34-14-4-2-5-15-34)27-33(37)28-38(43(42)52)45(54)48-39-19-10-13-31-12-8-9-18-36(31)39;/h3,6-10,12-13,16-23,26-28,34,46,51-52H,2,4-5,11,14-15,24-25,29H2,1H3,(H,47,53)(H,48,54);1H. The molecule has 0 atom stereocenters. The topological polar surface area (TPSA) is 146 Å². The van der Waals surface area contributed by atoms with Gasteiger partial charge in [0.25, 0.3) is 11.8 Å². The third-order valence-electron chi connectivity index (χ3n) is 10.0. The molecule has 0 spiro atoms. The van der Waals surface area contributed by atoms with Crippen LogP contribution in [0.25, 0.3) is 21.5 Å². The number of azo groups is 1. The number of ether oxygens (including phenoxy) is 1. The van der Waals surface area contributed by atoms with Gasteiger partial charge in [0.1, 0.15) is 17.1 Å². The lowest BCUT2D eigenvalue weighted by Gasteiger charge is -2.22. The minimum Gasteiger partial charge on any atom is -0.505 e. The minimum absolute atomic E-state index is 0. The largest absolute Gasteiger partial charge is 0.505 e. The molecular formula is C45H48N6O5. The number of fused-ring (bicyclic) bond motifs is 2. The molecule has 0 radical (unpaired) electrons. The highest BCUT2D eigenvalue weighted by Crippen LogP contribution is 2.41. The lowest BCUT2D eigenvalue weighted by molar-refractivity contribution is 0.0952. The molecule has 6 aromatic carbocycles. The van der Waals surface area contributed by atoms with Crippen LogP contribution in [0, 0.1) is 0 Å². The van der Waals surface area contributed by atoms with E-state index in [4.69, 9.17) is 9.57 Å². The fraction of sp³-hybridized carbons (Fsp3) is 0.244. The van der Waals surface area contributed by atoms with Crippen molar-refractivity contribution in [3.8, 4) is 11.5 Å². The predicted octanol–water partition coefficient (Wildman–Crippen LogP) is 10.2. The van der Waals surface area contributed by atoms with Gasteiger partial charge in [-0.1, -0.05) is 86.0 Å². The Morgan fingerprint density at radius 1 is 0.786 bits per heavy atom. The Kier molecular flexibility index (Phi) is 12.5. The van der Waals surface area contributed by atoms with Gasteiger partial charge in [0, 0.05) is 36.0 Å². The SMILES string of the molecule is COc1ccc(CONc2ccccc2)cc1N=Nc1c(O)c(C(=O)Nc2cccc3ccccc23)cc2cc(C(=O)NCCCNC3CCCCC3)ccc12.[HH]. The maximum absolute atomic E-state index is 14.0. The zero-order valence-corrected chi connectivity index (χ0v) is 31.4. The molecule has 0 saturated heterocycles. The summed E-state index contributed by atoms with van der Waals surface area (Å²) in [4.78, 5) is 33.0. The van der Waals surface area contributed by atoms with Gasteiger partial charge in [-0.25, -0.2) is 0 Å². The second-order valence-electron chi connectivity index (χ2n) is 13.9. The van der Waals surface area contributed by atoms with E-state index < -0.39 is 5.91 Å². The Bertz CT molecular complexity index is 2340. The van der Waals surface area contributed by atoms with Crippen LogP contribution in [0.3, 0.4) is 0 Å². The number of carbonyl (C=O) groups excluding carboxylic acids is 2. The van der Waals surface area contributed by atoms with Gasteiger partial charge in [-0.3, -0.25) is 19.9 Å². The second kappa shape index (κ2) is 18.4. The molecule has 288 valence electrons. The number of methoxy groups -OCH3 is 1. The number of hydrogen-bond donors (Lipinski definition) is 5. The van der Waals surface area contributed by atoms with Crippen molar-refractivity contribution < 1.29 is 25.7 Å². The molecule has 1 saturated carbocycles. The first-order valence-electron chi connectivity index (χ1n) is 19.1. The van der Waals surface area contributed by atoms with Crippen molar-refractivity contribution in [2.75, 3.05) is 31.0 Å². The van der Waals surface area contributed by atoms with Crippen LogP contribution in [0.1, 0.15) is 66.2 Å². The lowest BCUT2D eigenvalue weighted by atomic mass is 9.95. The Morgan fingerprint density at radius 2 is 1.59 bits per heavy atom. The van der Waals surface area contributed by atoms with E-state index in [1.165, 1.54) is 39.2 Å². The van der Waals surface area contributed by atoms with Crippen molar-refractivity contribution in [3.05, 3.63) is 132 Å². The molecular weight excluding hydrogens is 705 g/mol. The number of carbonyl (C=O) groups is 2. The summed E-state index contributed by atoms with van der Waals surface area (Å²) in [5.74, 6) is -0.671. The molecule has 11 nitrogen and oxygen atoms in total. The van der Waals surface area contributed by atoms with E-state index in [-0.39, 0.29) is 30.9 Å². The van der Waals surface area contributed by atoms with Gasteiger partial charge < -0.3 is 25.8 Å². The van der Waals surface area contributed by atoms with Crippen molar-refractivity contribution in [2.24, 2.45) is 10.2 Å². The summed E-state index contributed by atoms with van der Waals surface area (Å²) >= 11 is 0. The summed E-state index contributed by atoms with van der Waals surface area (Å²) in [5.41, 5.74) is 5.98. The van der Waals surface area contributed by atoms with E-state index in [0.29, 0.717) is 46.0 Å². The summed E-state index contributed by atoms with van der Waals surface area (Å²) in [6.45, 7) is 1.59.